The summed E-state index contributed by atoms with van der Waals surface area (Å²) in [6, 6.07) is 22.6. The molecule has 0 radical (unpaired) electrons. The van der Waals surface area contributed by atoms with E-state index < -0.39 is 0 Å². The molecule has 0 aliphatic carbocycles. The molecule has 0 bridgehead atoms. The topological polar surface area (TPSA) is 28.5 Å². The van der Waals surface area contributed by atoms with Crippen LogP contribution in [-0.4, -0.2) is 10.7 Å². The van der Waals surface area contributed by atoms with Crippen LogP contribution in [0.1, 0.15) is 22.9 Å². The van der Waals surface area contributed by atoms with Crippen LogP contribution in [0.3, 0.4) is 0 Å². The van der Waals surface area contributed by atoms with Crippen LogP contribution in [0.25, 0.3) is 11.3 Å². The second kappa shape index (κ2) is 7.51. The van der Waals surface area contributed by atoms with E-state index in [1.807, 2.05) is 30.3 Å². The third-order valence-electron chi connectivity index (χ3n) is 4.73. The van der Waals surface area contributed by atoms with Gasteiger partial charge in [0.2, 0.25) is 5.13 Å². The third-order valence-corrected chi connectivity index (χ3v) is 6.73. The van der Waals surface area contributed by atoms with E-state index in [1.165, 1.54) is 10.4 Å². The van der Waals surface area contributed by atoms with Crippen molar-refractivity contribution in [1.82, 2.24) is 4.98 Å². The summed E-state index contributed by atoms with van der Waals surface area (Å²) in [6.45, 7) is 0. The summed E-state index contributed by atoms with van der Waals surface area (Å²) in [7, 11) is 0. The Morgan fingerprint density at radius 1 is 0.929 bits per heavy atom. The van der Waals surface area contributed by atoms with E-state index >= 15 is 0 Å². The molecule has 0 N–H and O–H groups in total. The van der Waals surface area contributed by atoms with Crippen molar-refractivity contribution in [1.29, 1.82) is 0 Å². The monoisotopic (exact) mass is 421 g/mol. The van der Waals surface area contributed by atoms with E-state index in [9.17, 15) is 0 Å². The number of nitrogens with zero attached hydrogens (tertiary/aromatic N) is 3. The van der Waals surface area contributed by atoms with Crippen molar-refractivity contribution in [2.45, 2.75) is 12.5 Å². The van der Waals surface area contributed by atoms with E-state index in [4.69, 9.17) is 21.7 Å². The molecule has 1 aliphatic rings. The molecule has 1 unspecified atom stereocenters. The molecule has 0 saturated carbocycles. The van der Waals surface area contributed by atoms with Crippen LogP contribution in [0.2, 0.25) is 5.02 Å². The van der Waals surface area contributed by atoms with Crippen LogP contribution in [-0.2, 0) is 0 Å². The van der Waals surface area contributed by atoms with Gasteiger partial charge in [0.25, 0.3) is 0 Å². The maximum atomic E-state index is 6.10. The highest BCUT2D eigenvalue weighted by atomic mass is 35.5. The highest BCUT2D eigenvalue weighted by Gasteiger charge is 2.32. The normalized spacial score (nSPS) is 16.4. The number of aromatic nitrogens is 1. The summed E-state index contributed by atoms with van der Waals surface area (Å²) >= 11 is 9.45. The van der Waals surface area contributed by atoms with Gasteiger partial charge < -0.3 is 0 Å². The summed E-state index contributed by atoms with van der Waals surface area (Å²) < 4.78 is 0. The Morgan fingerprint density at radius 3 is 2.50 bits per heavy atom. The lowest BCUT2D eigenvalue weighted by molar-refractivity contribution is 0.706. The second-order valence-corrected chi connectivity index (χ2v) is 8.74. The van der Waals surface area contributed by atoms with Crippen LogP contribution in [0, 0.1) is 0 Å². The number of rotatable bonds is 4. The highest BCUT2D eigenvalue weighted by Crippen LogP contribution is 2.40. The number of anilines is 1. The van der Waals surface area contributed by atoms with E-state index in [0.717, 1.165) is 33.5 Å². The van der Waals surface area contributed by atoms with Crippen molar-refractivity contribution in [3.8, 4) is 11.3 Å². The van der Waals surface area contributed by atoms with Crippen LogP contribution < -0.4 is 5.01 Å². The van der Waals surface area contributed by atoms with Gasteiger partial charge in [-0.1, -0.05) is 60.1 Å². The van der Waals surface area contributed by atoms with Crippen molar-refractivity contribution < 1.29 is 0 Å². The van der Waals surface area contributed by atoms with Crippen molar-refractivity contribution in [2.24, 2.45) is 5.10 Å². The lowest BCUT2D eigenvalue weighted by atomic mass is 10.0. The van der Waals surface area contributed by atoms with Crippen LogP contribution in [0.15, 0.2) is 82.6 Å². The van der Waals surface area contributed by atoms with Gasteiger partial charge in [-0.25, -0.2) is 9.99 Å². The Labute approximate surface area is 176 Å². The largest absolute Gasteiger partial charge is 0.231 e. The maximum absolute atomic E-state index is 6.10. The smallest absolute Gasteiger partial charge is 0.207 e. The van der Waals surface area contributed by atoms with Gasteiger partial charge in [-0.3, -0.25) is 0 Å². The quantitative estimate of drug-likeness (QED) is 0.359. The van der Waals surface area contributed by atoms with Gasteiger partial charge in [-0.15, -0.1) is 22.7 Å². The molecular formula is C22H16ClN3S2. The molecular weight excluding hydrogens is 406 g/mol. The van der Waals surface area contributed by atoms with E-state index in [-0.39, 0.29) is 6.04 Å². The van der Waals surface area contributed by atoms with Crippen molar-refractivity contribution in [3.63, 3.8) is 0 Å². The minimum Gasteiger partial charge on any atom is -0.231 e. The first kappa shape index (κ1) is 17.6. The number of thiophene rings is 1. The molecule has 0 spiro atoms. The van der Waals surface area contributed by atoms with Gasteiger partial charge in [0.05, 0.1) is 22.3 Å². The fourth-order valence-electron chi connectivity index (χ4n) is 3.33. The van der Waals surface area contributed by atoms with Crippen LogP contribution in [0.5, 0.6) is 0 Å². The molecule has 28 heavy (non-hydrogen) atoms. The molecule has 0 saturated heterocycles. The minimum absolute atomic E-state index is 0.115. The zero-order valence-corrected chi connectivity index (χ0v) is 17.2. The van der Waals surface area contributed by atoms with Gasteiger partial charge >= 0.3 is 0 Å². The lowest BCUT2D eigenvalue weighted by Crippen LogP contribution is -2.18. The molecule has 4 aromatic rings. The highest BCUT2D eigenvalue weighted by molar-refractivity contribution is 7.14. The zero-order valence-electron chi connectivity index (χ0n) is 14.8. The summed E-state index contributed by atoms with van der Waals surface area (Å²) in [5.41, 5.74) is 4.40. The SMILES string of the molecule is Clc1ccc(C2CC(c3cccs3)=NN2c2nc(-c3ccccc3)cs2)cc1. The fraction of sp³-hybridized carbons (Fsp3) is 0.0909. The van der Waals surface area contributed by atoms with Gasteiger partial charge in [-0.05, 0) is 29.1 Å². The molecule has 6 heteroatoms. The maximum Gasteiger partial charge on any atom is 0.207 e. The van der Waals surface area contributed by atoms with Gasteiger partial charge in [0.1, 0.15) is 0 Å². The molecule has 0 amide bonds. The molecule has 5 rings (SSSR count). The number of hydrogen-bond acceptors (Lipinski definition) is 5. The van der Waals surface area contributed by atoms with Crippen LogP contribution in [0.4, 0.5) is 5.13 Å². The standard InChI is InChI=1S/C22H16ClN3S2/c23-17-10-8-16(9-11-17)20-13-18(21-7-4-12-27-21)25-26(20)22-24-19(14-28-22)15-5-2-1-3-6-15/h1-12,14,20H,13H2. The Bertz CT molecular complexity index is 1100. The average molecular weight is 422 g/mol. The van der Waals surface area contributed by atoms with Gasteiger partial charge in [0.15, 0.2) is 0 Å². The fourth-order valence-corrected chi connectivity index (χ4v) is 5.01. The van der Waals surface area contributed by atoms with E-state index in [0.29, 0.717) is 0 Å². The van der Waals surface area contributed by atoms with E-state index in [2.05, 4.69) is 52.2 Å². The van der Waals surface area contributed by atoms with Crippen molar-refractivity contribution in [2.75, 3.05) is 5.01 Å². The Balaban J connectivity index is 1.53. The summed E-state index contributed by atoms with van der Waals surface area (Å²) in [4.78, 5) is 6.10. The summed E-state index contributed by atoms with van der Waals surface area (Å²) in [5.74, 6) is 0. The first-order valence-corrected chi connectivity index (χ1v) is 11.1. The third kappa shape index (κ3) is 3.37. The summed E-state index contributed by atoms with van der Waals surface area (Å²) in [6.07, 6.45) is 0.850. The molecule has 3 heterocycles. The first-order chi connectivity index (χ1) is 13.8. The number of benzene rings is 2. The summed E-state index contributed by atoms with van der Waals surface area (Å²) in [5, 5.41) is 12.9. The number of hydrazone groups is 1. The lowest BCUT2D eigenvalue weighted by Gasteiger charge is -2.21. The molecule has 2 aromatic carbocycles. The first-order valence-electron chi connectivity index (χ1n) is 8.95. The molecule has 3 nitrogen and oxygen atoms in total. The predicted molar refractivity (Wildman–Crippen MR) is 120 cm³/mol. The van der Waals surface area contributed by atoms with Crippen LogP contribution >= 0.6 is 34.3 Å². The number of halogens is 1. The zero-order chi connectivity index (χ0) is 18.9. The molecule has 2 aromatic heterocycles. The second-order valence-electron chi connectivity index (χ2n) is 6.52. The Morgan fingerprint density at radius 2 is 1.75 bits per heavy atom. The number of thiazole rings is 1. The van der Waals surface area contributed by atoms with E-state index in [1.54, 1.807) is 22.7 Å². The molecule has 1 aliphatic heterocycles. The average Bonchev–Trinajstić information content (AvgIpc) is 3.48. The van der Waals surface area contributed by atoms with Crippen molar-refractivity contribution in [3.05, 3.63) is 93.0 Å². The van der Waals surface area contributed by atoms with Gasteiger partial charge in [-0.2, -0.15) is 5.10 Å². The van der Waals surface area contributed by atoms with Gasteiger partial charge in [0, 0.05) is 22.4 Å². The van der Waals surface area contributed by atoms with Crippen molar-refractivity contribution >= 4 is 45.1 Å². The predicted octanol–water partition coefficient (Wildman–Crippen LogP) is 6.88. The number of hydrogen-bond donors (Lipinski definition) is 0. The molecule has 0 fully saturated rings. The Kier molecular flexibility index (Phi) is 4.72. The minimum atomic E-state index is 0.115. The molecule has 138 valence electrons. The Hall–Kier alpha value is -2.47. The molecule has 1 atom stereocenters.